The highest BCUT2D eigenvalue weighted by Gasteiger charge is 2.21. The summed E-state index contributed by atoms with van der Waals surface area (Å²) in [5, 5.41) is 5.02. The first-order chi connectivity index (χ1) is 19.4. The molecule has 0 aliphatic heterocycles. The van der Waals surface area contributed by atoms with Crippen molar-refractivity contribution in [3.05, 3.63) is 119 Å². The van der Waals surface area contributed by atoms with Gasteiger partial charge in [-0.2, -0.15) is 0 Å². The van der Waals surface area contributed by atoms with Gasteiger partial charge in [0.05, 0.1) is 14.2 Å². The molecule has 0 saturated carbocycles. The van der Waals surface area contributed by atoms with Gasteiger partial charge in [0.1, 0.15) is 11.5 Å². The van der Waals surface area contributed by atoms with Crippen molar-refractivity contribution in [3.8, 4) is 44.9 Å². The molecule has 198 valence electrons. The number of aryl methyl sites for hydroxylation is 2. The maximum atomic E-state index is 5.51. The van der Waals surface area contributed by atoms with Crippen LogP contribution < -0.4 is 9.47 Å². The largest absolute Gasteiger partial charge is 0.497 e. The Balaban J connectivity index is 1.73. The molecule has 6 aromatic rings. The second-order valence-electron chi connectivity index (χ2n) is 10.7. The van der Waals surface area contributed by atoms with E-state index in [0.717, 1.165) is 11.5 Å². The highest BCUT2D eigenvalue weighted by Crippen LogP contribution is 2.46. The number of methoxy groups -OCH3 is 2. The summed E-state index contributed by atoms with van der Waals surface area (Å²) < 4.78 is 11.0. The maximum Gasteiger partial charge on any atom is 0.119 e. The number of ether oxygens (including phenoxy) is 2. The lowest BCUT2D eigenvalue weighted by atomic mass is 9.81. The molecule has 0 atom stereocenters. The Morgan fingerprint density at radius 3 is 1.20 bits per heavy atom. The predicted octanol–water partition coefficient (Wildman–Crippen LogP) is 10.2. The topological polar surface area (TPSA) is 18.5 Å². The molecule has 0 bridgehead atoms. The summed E-state index contributed by atoms with van der Waals surface area (Å²) in [5.41, 5.74) is 12.5. The highest BCUT2D eigenvalue weighted by atomic mass is 16.5. The van der Waals surface area contributed by atoms with Crippen molar-refractivity contribution < 1.29 is 9.47 Å². The predicted molar refractivity (Wildman–Crippen MR) is 170 cm³/mol. The Hall–Kier alpha value is -4.56. The van der Waals surface area contributed by atoms with Gasteiger partial charge in [-0.3, -0.25) is 0 Å². The third-order valence-electron chi connectivity index (χ3n) is 8.32. The van der Waals surface area contributed by atoms with Gasteiger partial charge in [-0.25, -0.2) is 0 Å². The summed E-state index contributed by atoms with van der Waals surface area (Å²) in [6, 6.07) is 35.0. The van der Waals surface area contributed by atoms with E-state index in [4.69, 9.17) is 9.47 Å². The summed E-state index contributed by atoms with van der Waals surface area (Å²) in [6.07, 6.45) is 0. The quantitative estimate of drug-likeness (QED) is 0.224. The third-order valence-corrected chi connectivity index (χ3v) is 8.32. The van der Waals surface area contributed by atoms with Crippen LogP contribution in [0.4, 0.5) is 0 Å². The average molecular weight is 523 g/mol. The van der Waals surface area contributed by atoms with Gasteiger partial charge in [0.2, 0.25) is 0 Å². The van der Waals surface area contributed by atoms with Crippen molar-refractivity contribution in [3.63, 3.8) is 0 Å². The summed E-state index contributed by atoms with van der Waals surface area (Å²) in [4.78, 5) is 0. The molecule has 6 aromatic carbocycles. The first-order valence-corrected chi connectivity index (χ1v) is 13.8. The van der Waals surface area contributed by atoms with E-state index >= 15 is 0 Å². The Morgan fingerprint density at radius 1 is 0.425 bits per heavy atom. The van der Waals surface area contributed by atoms with Crippen LogP contribution in [0.15, 0.2) is 97.1 Å². The molecule has 0 unspecified atom stereocenters. The molecule has 0 amide bonds. The first-order valence-electron chi connectivity index (χ1n) is 13.8. The third kappa shape index (κ3) is 4.21. The van der Waals surface area contributed by atoms with Gasteiger partial charge in [0.25, 0.3) is 0 Å². The molecular formula is C38H34O2. The smallest absolute Gasteiger partial charge is 0.119 e. The summed E-state index contributed by atoms with van der Waals surface area (Å²) >= 11 is 0. The minimum atomic E-state index is 0.879. The van der Waals surface area contributed by atoms with Crippen LogP contribution in [-0.4, -0.2) is 14.2 Å². The molecule has 0 N–H and O–H groups in total. The lowest BCUT2D eigenvalue weighted by molar-refractivity contribution is 0.414. The summed E-state index contributed by atoms with van der Waals surface area (Å²) in [5.74, 6) is 1.76. The molecule has 0 radical (unpaired) electrons. The molecular weight excluding hydrogens is 488 g/mol. The average Bonchev–Trinajstić information content (AvgIpc) is 2.97. The fraction of sp³-hybridized carbons (Fsp3) is 0.158. The number of rotatable bonds is 5. The fourth-order valence-electron chi connectivity index (χ4n) is 6.24. The molecule has 6 rings (SSSR count). The summed E-state index contributed by atoms with van der Waals surface area (Å²) in [6.45, 7) is 8.89. The van der Waals surface area contributed by atoms with Crippen LogP contribution in [0, 0.1) is 27.7 Å². The first kappa shape index (κ1) is 25.7. The normalized spacial score (nSPS) is 11.2. The molecule has 40 heavy (non-hydrogen) atoms. The van der Waals surface area contributed by atoms with Gasteiger partial charge in [-0.1, -0.05) is 60.7 Å². The van der Waals surface area contributed by atoms with E-state index in [1.54, 1.807) is 14.2 Å². The SMILES string of the molecule is COc1ccc(-c2cc3ccccc3c(-c3c(C)c(-c4ccc(OC)cc4C)cc4ccccc34)c2C)c(C)c1. The molecule has 2 nitrogen and oxygen atoms in total. The molecule has 0 aliphatic carbocycles. The van der Waals surface area contributed by atoms with Crippen molar-refractivity contribution in [2.24, 2.45) is 0 Å². The number of hydrogen-bond donors (Lipinski definition) is 0. The van der Waals surface area contributed by atoms with Gasteiger partial charge in [-0.15, -0.1) is 0 Å². The molecule has 0 aromatic heterocycles. The van der Waals surface area contributed by atoms with Crippen molar-refractivity contribution in [2.45, 2.75) is 27.7 Å². The van der Waals surface area contributed by atoms with Gasteiger partial charge in [0.15, 0.2) is 0 Å². The van der Waals surface area contributed by atoms with Crippen LogP contribution in [-0.2, 0) is 0 Å². The van der Waals surface area contributed by atoms with Crippen LogP contribution in [0.5, 0.6) is 11.5 Å². The lowest BCUT2D eigenvalue weighted by Gasteiger charge is -2.23. The molecule has 0 aliphatic rings. The zero-order valence-electron chi connectivity index (χ0n) is 24.1. The van der Waals surface area contributed by atoms with Gasteiger partial charge in [0, 0.05) is 0 Å². The fourth-order valence-corrected chi connectivity index (χ4v) is 6.24. The second kappa shape index (κ2) is 10.2. The molecule has 0 fully saturated rings. The van der Waals surface area contributed by atoms with Gasteiger partial charge in [-0.05, 0) is 141 Å². The van der Waals surface area contributed by atoms with E-state index < -0.39 is 0 Å². The number of fused-ring (bicyclic) bond motifs is 2. The number of benzene rings is 6. The zero-order chi connectivity index (χ0) is 28.0. The van der Waals surface area contributed by atoms with Crippen LogP contribution in [0.25, 0.3) is 54.9 Å². The molecule has 0 heterocycles. The van der Waals surface area contributed by atoms with Crippen molar-refractivity contribution >= 4 is 21.5 Å². The Bertz CT molecular complexity index is 1770. The second-order valence-corrected chi connectivity index (χ2v) is 10.7. The maximum absolute atomic E-state index is 5.51. The van der Waals surface area contributed by atoms with E-state index in [2.05, 4.69) is 125 Å². The molecule has 0 saturated heterocycles. The van der Waals surface area contributed by atoms with Crippen molar-refractivity contribution in [1.82, 2.24) is 0 Å². The molecule has 0 spiro atoms. The lowest BCUT2D eigenvalue weighted by Crippen LogP contribution is -1.98. The van der Waals surface area contributed by atoms with E-state index in [1.165, 1.54) is 77.2 Å². The van der Waals surface area contributed by atoms with Crippen molar-refractivity contribution in [2.75, 3.05) is 14.2 Å². The van der Waals surface area contributed by atoms with Crippen LogP contribution in [0.1, 0.15) is 22.3 Å². The van der Waals surface area contributed by atoms with Crippen LogP contribution in [0.3, 0.4) is 0 Å². The zero-order valence-corrected chi connectivity index (χ0v) is 24.1. The summed E-state index contributed by atoms with van der Waals surface area (Å²) in [7, 11) is 3.44. The minimum absolute atomic E-state index is 0.879. The van der Waals surface area contributed by atoms with Crippen LogP contribution >= 0.6 is 0 Å². The number of hydrogen-bond acceptors (Lipinski definition) is 2. The van der Waals surface area contributed by atoms with E-state index in [1.807, 2.05) is 0 Å². The Kier molecular flexibility index (Phi) is 6.56. The monoisotopic (exact) mass is 522 g/mol. The van der Waals surface area contributed by atoms with Gasteiger partial charge >= 0.3 is 0 Å². The molecule has 2 heteroatoms. The Labute approximate surface area is 236 Å². The minimum Gasteiger partial charge on any atom is -0.497 e. The highest BCUT2D eigenvalue weighted by molar-refractivity contribution is 6.11. The van der Waals surface area contributed by atoms with Gasteiger partial charge < -0.3 is 9.47 Å². The van der Waals surface area contributed by atoms with Crippen LogP contribution in [0.2, 0.25) is 0 Å². The van der Waals surface area contributed by atoms with Crippen molar-refractivity contribution in [1.29, 1.82) is 0 Å². The standard InChI is InChI=1S/C38H34O2/c1-23-19-29(39-5)15-17-31(23)35-21-27-11-7-9-13-33(27)37(25(35)3)38-26(4)36(22-28-12-8-10-14-34(28)38)32-18-16-30(40-6)20-24(32)2/h7-22H,1-6H3. The Morgan fingerprint density at radius 2 is 0.825 bits per heavy atom. The van der Waals surface area contributed by atoms with E-state index in [9.17, 15) is 0 Å². The van der Waals surface area contributed by atoms with E-state index in [0.29, 0.717) is 0 Å². The van der Waals surface area contributed by atoms with E-state index in [-0.39, 0.29) is 0 Å².